The van der Waals surface area contributed by atoms with Crippen LogP contribution in [0.3, 0.4) is 0 Å². The summed E-state index contributed by atoms with van der Waals surface area (Å²) in [5.41, 5.74) is 0. The third-order valence-corrected chi connectivity index (χ3v) is 3.07. The van der Waals surface area contributed by atoms with Crippen LogP contribution < -0.4 is 19.5 Å². The number of hydrogen-bond acceptors (Lipinski definition) is 5. The average Bonchev–Trinajstić information content (AvgIpc) is 2.46. The first kappa shape index (κ1) is 14.0. The van der Waals surface area contributed by atoms with Gasteiger partial charge in [0.1, 0.15) is 12.7 Å². The maximum absolute atomic E-state index is 5.78. The molecule has 1 N–H and O–H groups in total. The highest BCUT2D eigenvalue weighted by atomic mass is 16.6. The van der Waals surface area contributed by atoms with E-state index in [1.807, 2.05) is 18.2 Å². The van der Waals surface area contributed by atoms with Gasteiger partial charge in [-0.1, -0.05) is 6.07 Å². The van der Waals surface area contributed by atoms with E-state index in [4.69, 9.17) is 18.9 Å². The third-order valence-electron chi connectivity index (χ3n) is 3.07. The van der Waals surface area contributed by atoms with E-state index in [0.29, 0.717) is 36.5 Å². The van der Waals surface area contributed by atoms with Gasteiger partial charge in [0.2, 0.25) is 5.75 Å². The second-order valence-corrected chi connectivity index (χ2v) is 4.57. The van der Waals surface area contributed by atoms with Gasteiger partial charge in [0.25, 0.3) is 0 Å². The minimum Gasteiger partial charge on any atom is -0.493 e. The molecule has 1 aliphatic heterocycles. The van der Waals surface area contributed by atoms with Crippen molar-refractivity contribution in [1.29, 1.82) is 0 Å². The van der Waals surface area contributed by atoms with Crippen LogP contribution in [0.25, 0.3) is 0 Å². The standard InChI is InChI=1S/C14H21NO4/c1-10-8-18-11(7-15-10)9-19-13-6-4-5-12(16-2)14(13)17-3/h4-6,10-11,15H,7-9H2,1-3H3. The van der Waals surface area contributed by atoms with Gasteiger partial charge in [-0.05, 0) is 19.1 Å². The van der Waals surface area contributed by atoms with Crippen molar-refractivity contribution < 1.29 is 18.9 Å². The Morgan fingerprint density at radius 2 is 2.05 bits per heavy atom. The fourth-order valence-corrected chi connectivity index (χ4v) is 1.99. The van der Waals surface area contributed by atoms with Crippen LogP contribution in [0.4, 0.5) is 0 Å². The molecule has 0 aromatic heterocycles. The summed E-state index contributed by atoms with van der Waals surface area (Å²) in [6.45, 7) is 4.10. The van der Waals surface area contributed by atoms with E-state index in [-0.39, 0.29) is 6.10 Å². The Kier molecular flexibility index (Phi) is 4.87. The van der Waals surface area contributed by atoms with E-state index in [1.54, 1.807) is 14.2 Å². The number of ether oxygens (including phenoxy) is 4. The number of benzene rings is 1. The van der Waals surface area contributed by atoms with Crippen molar-refractivity contribution in [3.63, 3.8) is 0 Å². The van der Waals surface area contributed by atoms with Crippen molar-refractivity contribution in [2.24, 2.45) is 0 Å². The monoisotopic (exact) mass is 267 g/mol. The molecule has 1 aromatic rings. The van der Waals surface area contributed by atoms with Crippen LogP contribution in [-0.2, 0) is 4.74 Å². The summed E-state index contributed by atoms with van der Waals surface area (Å²) in [6.07, 6.45) is 0.0621. The first-order valence-corrected chi connectivity index (χ1v) is 6.43. The number of rotatable bonds is 5. The molecule has 0 amide bonds. The highest BCUT2D eigenvalue weighted by Crippen LogP contribution is 2.36. The fraction of sp³-hybridized carbons (Fsp3) is 0.571. The fourth-order valence-electron chi connectivity index (χ4n) is 1.99. The molecule has 0 bridgehead atoms. The zero-order valence-electron chi connectivity index (χ0n) is 11.6. The van der Waals surface area contributed by atoms with Gasteiger partial charge in [0.05, 0.1) is 20.8 Å². The van der Waals surface area contributed by atoms with Crippen molar-refractivity contribution in [2.75, 3.05) is 34.0 Å². The zero-order valence-corrected chi connectivity index (χ0v) is 11.6. The Labute approximate surface area is 113 Å². The molecule has 2 rings (SSSR count). The first-order valence-electron chi connectivity index (χ1n) is 6.43. The van der Waals surface area contributed by atoms with Crippen LogP contribution in [0.1, 0.15) is 6.92 Å². The summed E-state index contributed by atoms with van der Waals surface area (Å²) in [7, 11) is 3.21. The summed E-state index contributed by atoms with van der Waals surface area (Å²) in [4.78, 5) is 0. The maximum atomic E-state index is 5.78. The SMILES string of the molecule is COc1cccc(OCC2CNC(C)CO2)c1OC. The minimum absolute atomic E-state index is 0.0621. The molecule has 0 spiro atoms. The van der Waals surface area contributed by atoms with Crippen LogP contribution >= 0.6 is 0 Å². The molecule has 5 heteroatoms. The van der Waals surface area contributed by atoms with Crippen LogP contribution in [0.2, 0.25) is 0 Å². The summed E-state index contributed by atoms with van der Waals surface area (Å²) >= 11 is 0. The third kappa shape index (κ3) is 3.52. The number of methoxy groups -OCH3 is 2. The van der Waals surface area contributed by atoms with Gasteiger partial charge in [-0.15, -0.1) is 0 Å². The van der Waals surface area contributed by atoms with Crippen molar-refractivity contribution in [2.45, 2.75) is 19.1 Å². The molecule has 2 atom stereocenters. The number of morpholine rings is 1. The Bertz CT molecular complexity index is 402. The second-order valence-electron chi connectivity index (χ2n) is 4.57. The molecule has 0 aliphatic carbocycles. The molecule has 1 heterocycles. The normalized spacial score (nSPS) is 22.9. The predicted octanol–water partition coefficient (Wildman–Crippen LogP) is 1.46. The molecule has 1 saturated heterocycles. The van der Waals surface area contributed by atoms with Crippen LogP contribution in [0.5, 0.6) is 17.2 Å². The van der Waals surface area contributed by atoms with E-state index in [0.717, 1.165) is 6.54 Å². The molecule has 106 valence electrons. The lowest BCUT2D eigenvalue weighted by Gasteiger charge is -2.28. The Hall–Kier alpha value is -1.46. The van der Waals surface area contributed by atoms with E-state index in [9.17, 15) is 0 Å². The van der Waals surface area contributed by atoms with Gasteiger partial charge >= 0.3 is 0 Å². The molecule has 5 nitrogen and oxygen atoms in total. The molecule has 1 fully saturated rings. The lowest BCUT2D eigenvalue weighted by Crippen LogP contribution is -2.46. The van der Waals surface area contributed by atoms with Gasteiger partial charge in [-0.2, -0.15) is 0 Å². The van der Waals surface area contributed by atoms with Crippen LogP contribution in [0.15, 0.2) is 18.2 Å². The molecular formula is C14H21NO4. The molecule has 1 aliphatic rings. The molecule has 0 saturated carbocycles. The average molecular weight is 267 g/mol. The molecular weight excluding hydrogens is 246 g/mol. The second kappa shape index (κ2) is 6.63. The number of nitrogens with one attached hydrogen (secondary N) is 1. The van der Waals surface area contributed by atoms with E-state index in [2.05, 4.69) is 12.2 Å². The maximum Gasteiger partial charge on any atom is 0.203 e. The lowest BCUT2D eigenvalue weighted by molar-refractivity contribution is -0.0169. The van der Waals surface area contributed by atoms with E-state index in [1.165, 1.54) is 0 Å². The molecule has 19 heavy (non-hydrogen) atoms. The smallest absolute Gasteiger partial charge is 0.203 e. The Morgan fingerprint density at radius 3 is 2.68 bits per heavy atom. The van der Waals surface area contributed by atoms with Crippen LogP contribution in [-0.4, -0.2) is 46.1 Å². The first-order chi connectivity index (χ1) is 9.24. The Morgan fingerprint density at radius 1 is 1.26 bits per heavy atom. The Balaban J connectivity index is 1.95. The molecule has 1 aromatic carbocycles. The van der Waals surface area contributed by atoms with Gasteiger partial charge in [-0.25, -0.2) is 0 Å². The molecule has 2 unspecified atom stereocenters. The highest BCUT2D eigenvalue weighted by Gasteiger charge is 2.19. The topological polar surface area (TPSA) is 49.0 Å². The largest absolute Gasteiger partial charge is 0.493 e. The zero-order chi connectivity index (χ0) is 13.7. The summed E-state index contributed by atoms with van der Waals surface area (Å²) in [5.74, 6) is 1.95. The van der Waals surface area contributed by atoms with Gasteiger partial charge in [0, 0.05) is 12.6 Å². The summed E-state index contributed by atoms with van der Waals surface area (Å²) in [5, 5.41) is 3.36. The van der Waals surface area contributed by atoms with Crippen molar-refractivity contribution in [3.8, 4) is 17.2 Å². The van der Waals surface area contributed by atoms with Crippen molar-refractivity contribution in [1.82, 2.24) is 5.32 Å². The van der Waals surface area contributed by atoms with Crippen LogP contribution in [0, 0.1) is 0 Å². The minimum atomic E-state index is 0.0621. The summed E-state index contributed by atoms with van der Waals surface area (Å²) in [6, 6.07) is 5.98. The number of hydrogen-bond donors (Lipinski definition) is 1. The quantitative estimate of drug-likeness (QED) is 0.875. The summed E-state index contributed by atoms with van der Waals surface area (Å²) < 4.78 is 22.0. The van der Waals surface area contributed by atoms with E-state index >= 15 is 0 Å². The number of para-hydroxylation sites is 1. The lowest BCUT2D eigenvalue weighted by atomic mass is 10.2. The van der Waals surface area contributed by atoms with E-state index < -0.39 is 0 Å². The van der Waals surface area contributed by atoms with Crippen molar-refractivity contribution in [3.05, 3.63) is 18.2 Å². The van der Waals surface area contributed by atoms with Crippen molar-refractivity contribution >= 4 is 0 Å². The highest BCUT2D eigenvalue weighted by molar-refractivity contribution is 5.51. The van der Waals surface area contributed by atoms with Gasteiger partial charge in [-0.3, -0.25) is 0 Å². The van der Waals surface area contributed by atoms with Gasteiger partial charge < -0.3 is 24.3 Å². The predicted molar refractivity (Wildman–Crippen MR) is 72.2 cm³/mol. The molecule has 0 radical (unpaired) electrons. The van der Waals surface area contributed by atoms with Gasteiger partial charge in [0.15, 0.2) is 11.5 Å².